The molecule has 0 aliphatic rings. The van der Waals surface area contributed by atoms with Crippen molar-refractivity contribution in [1.82, 2.24) is 0 Å². The van der Waals surface area contributed by atoms with Crippen LogP contribution in [0.1, 0.15) is 26.2 Å². The normalized spacial score (nSPS) is 8.95. The topological polar surface area (TPSA) is 88.7 Å². The van der Waals surface area contributed by atoms with E-state index in [1.54, 1.807) is 36.4 Å². The first-order valence-electron chi connectivity index (χ1n) is 6.36. The standard InChI is InChI=1S/C15H16N4O/c1-2-3-4-15(20)19-14-7-5-13(6-8-14)18-11-12(9-16)10-17/h5-8,11,18H,2-4H2,1H3,(H,19,20). The first-order chi connectivity index (χ1) is 9.69. The van der Waals surface area contributed by atoms with E-state index in [0.717, 1.165) is 24.2 Å². The monoisotopic (exact) mass is 268 g/mol. The van der Waals surface area contributed by atoms with Gasteiger partial charge in [0, 0.05) is 24.0 Å². The fraction of sp³-hybridized carbons (Fsp3) is 0.267. The number of allylic oxidation sites excluding steroid dienone is 1. The van der Waals surface area contributed by atoms with E-state index in [4.69, 9.17) is 10.5 Å². The van der Waals surface area contributed by atoms with Gasteiger partial charge in [0.15, 0.2) is 0 Å². The summed E-state index contributed by atoms with van der Waals surface area (Å²) >= 11 is 0. The fourth-order valence-corrected chi connectivity index (χ4v) is 1.46. The highest BCUT2D eigenvalue weighted by atomic mass is 16.1. The number of nitrogens with one attached hydrogen (secondary N) is 2. The van der Waals surface area contributed by atoms with E-state index in [0.29, 0.717) is 6.42 Å². The lowest BCUT2D eigenvalue weighted by atomic mass is 10.2. The van der Waals surface area contributed by atoms with Crippen molar-refractivity contribution in [2.45, 2.75) is 26.2 Å². The van der Waals surface area contributed by atoms with Crippen LogP contribution in [0, 0.1) is 22.7 Å². The molecule has 102 valence electrons. The molecule has 1 aromatic rings. The van der Waals surface area contributed by atoms with Gasteiger partial charge in [0.2, 0.25) is 5.91 Å². The number of hydrogen-bond donors (Lipinski definition) is 2. The number of benzene rings is 1. The Morgan fingerprint density at radius 1 is 1.20 bits per heavy atom. The average Bonchev–Trinajstić information content (AvgIpc) is 2.48. The van der Waals surface area contributed by atoms with Gasteiger partial charge in [0.1, 0.15) is 17.7 Å². The van der Waals surface area contributed by atoms with Crippen LogP contribution < -0.4 is 10.6 Å². The van der Waals surface area contributed by atoms with Crippen LogP contribution in [-0.2, 0) is 4.79 Å². The summed E-state index contributed by atoms with van der Waals surface area (Å²) in [5, 5.41) is 22.8. The van der Waals surface area contributed by atoms with Crippen LogP contribution in [0.2, 0.25) is 0 Å². The molecule has 0 aliphatic heterocycles. The lowest BCUT2D eigenvalue weighted by Crippen LogP contribution is -2.10. The Morgan fingerprint density at radius 2 is 1.80 bits per heavy atom. The number of amides is 1. The minimum absolute atomic E-state index is 0.00180. The first-order valence-corrected chi connectivity index (χ1v) is 6.36. The van der Waals surface area contributed by atoms with Crippen LogP contribution >= 0.6 is 0 Å². The molecule has 0 radical (unpaired) electrons. The van der Waals surface area contributed by atoms with Crippen molar-refractivity contribution >= 4 is 17.3 Å². The SMILES string of the molecule is CCCCC(=O)Nc1ccc(NC=C(C#N)C#N)cc1. The third-order valence-corrected chi connectivity index (χ3v) is 2.55. The number of carbonyl (C=O) groups excluding carboxylic acids is 1. The van der Waals surface area contributed by atoms with Gasteiger partial charge in [-0.15, -0.1) is 0 Å². The zero-order chi connectivity index (χ0) is 14.8. The molecule has 20 heavy (non-hydrogen) atoms. The van der Waals surface area contributed by atoms with Crippen molar-refractivity contribution in [3.05, 3.63) is 36.0 Å². The van der Waals surface area contributed by atoms with E-state index in [1.165, 1.54) is 6.20 Å². The summed E-state index contributed by atoms with van der Waals surface area (Å²) in [5.41, 5.74) is 1.46. The van der Waals surface area contributed by atoms with Gasteiger partial charge in [-0.1, -0.05) is 13.3 Å². The Morgan fingerprint density at radius 3 is 2.35 bits per heavy atom. The van der Waals surface area contributed by atoms with Gasteiger partial charge in [-0.05, 0) is 30.7 Å². The van der Waals surface area contributed by atoms with Crippen LogP contribution in [0.5, 0.6) is 0 Å². The molecule has 0 spiro atoms. The van der Waals surface area contributed by atoms with E-state index in [2.05, 4.69) is 10.6 Å². The highest BCUT2D eigenvalue weighted by molar-refractivity contribution is 5.90. The smallest absolute Gasteiger partial charge is 0.224 e. The van der Waals surface area contributed by atoms with E-state index in [-0.39, 0.29) is 11.5 Å². The first kappa shape index (κ1) is 15.3. The van der Waals surface area contributed by atoms with Crippen LogP contribution in [0.15, 0.2) is 36.0 Å². The third kappa shape index (κ3) is 5.24. The maximum atomic E-state index is 11.5. The predicted octanol–water partition coefficient (Wildman–Crippen LogP) is 3.16. The van der Waals surface area contributed by atoms with E-state index >= 15 is 0 Å². The zero-order valence-corrected chi connectivity index (χ0v) is 11.3. The van der Waals surface area contributed by atoms with Gasteiger partial charge in [-0.2, -0.15) is 10.5 Å². The van der Waals surface area contributed by atoms with Crippen molar-refractivity contribution in [2.24, 2.45) is 0 Å². The molecule has 1 aromatic carbocycles. The van der Waals surface area contributed by atoms with Crippen LogP contribution in [0.25, 0.3) is 0 Å². The van der Waals surface area contributed by atoms with Crippen molar-refractivity contribution in [3.63, 3.8) is 0 Å². The lowest BCUT2D eigenvalue weighted by Gasteiger charge is -2.06. The second kappa shape index (κ2) is 8.34. The van der Waals surface area contributed by atoms with Gasteiger partial charge >= 0.3 is 0 Å². The molecular formula is C15H16N4O. The largest absolute Gasteiger partial charge is 0.360 e. The number of anilines is 2. The molecule has 0 saturated heterocycles. The second-order valence-corrected chi connectivity index (χ2v) is 4.16. The van der Waals surface area contributed by atoms with Crippen molar-refractivity contribution < 1.29 is 4.79 Å². The quantitative estimate of drug-likeness (QED) is 0.775. The number of rotatable bonds is 6. The maximum absolute atomic E-state index is 11.5. The van der Waals surface area contributed by atoms with E-state index in [9.17, 15) is 4.79 Å². The average molecular weight is 268 g/mol. The Balaban J connectivity index is 2.57. The summed E-state index contributed by atoms with van der Waals surface area (Å²) in [4.78, 5) is 11.5. The van der Waals surface area contributed by atoms with Crippen molar-refractivity contribution in [3.8, 4) is 12.1 Å². The van der Waals surface area contributed by atoms with Crippen molar-refractivity contribution in [2.75, 3.05) is 10.6 Å². The molecule has 0 aliphatic carbocycles. The molecule has 1 amide bonds. The third-order valence-electron chi connectivity index (χ3n) is 2.55. The number of nitriles is 2. The van der Waals surface area contributed by atoms with Gasteiger partial charge in [0.05, 0.1) is 0 Å². The van der Waals surface area contributed by atoms with Crippen LogP contribution in [-0.4, -0.2) is 5.91 Å². The molecule has 0 heterocycles. The molecule has 5 nitrogen and oxygen atoms in total. The van der Waals surface area contributed by atoms with Gasteiger partial charge < -0.3 is 10.6 Å². The Labute approximate surface area is 118 Å². The Bertz CT molecular complexity index is 545. The molecule has 1 rings (SSSR count). The summed E-state index contributed by atoms with van der Waals surface area (Å²) in [6.07, 6.45) is 3.73. The number of unbranched alkanes of at least 4 members (excludes halogenated alkanes) is 1. The van der Waals surface area contributed by atoms with Crippen LogP contribution in [0.4, 0.5) is 11.4 Å². The minimum atomic E-state index is 0.00180. The second-order valence-electron chi connectivity index (χ2n) is 4.16. The fourth-order valence-electron chi connectivity index (χ4n) is 1.46. The minimum Gasteiger partial charge on any atom is -0.360 e. The summed E-state index contributed by atoms with van der Waals surface area (Å²) in [7, 11) is 0. The number of nitrogens with zero attached hydrogens (tertiary/aromatic N) is 2. The molecule has 5 heteroatoms. The highest BCUT2D eigenvalue weighted by Crippen LogP contribution is 2.14. The highest BCUT2D eigenvalue weighted by Gasteiger charge is 2.01. The molecule has 2 N–H and O–H groups in total. The van der Waals surface area contributed by atoms with Gasteiger partial charge in [0.25, 0.3) is 0 Å². The van der Waals surface area contributed by atoms with E-state index in [1.807, 2.05) is 6.92 Å². The lowest BCUT2D eigenvalue weighted by molar-refractivity contribution is -0.116. The number of carbonyl (C=O) groups is 1. The predicted molar refractivity (Wildman–Crippen MR) is 77.5 cm³/mol. The van der Waals surface area contributed by atoms with Gasteiger partial charge in [-0.25, -0.2) is 0 Å². The van der Waals surface area contributed by atoms with Gasteiger partial charge in [-0.3, -0.25) is 4.79 Å². The van der Waals surface area contributed by atoms with Crippen LogP contribution in [0.3, 0.4) is 0 Å². The maximum Gasteiger partial charge on any atom is 0.224 e. The summed E-state index contributed by atoms with van der Waals surface area (Å²) in [6, 6.07) is 10.6. The molecule has 0 unspecified atom stereocenters. The molecule has 0 saturated carbocycles. The van der Waals surface area contributed by atoms with Crippen molar-refractivity contribution in [1.29, 1.82) is 10.5 Å². The summed E-state index contributed by atoms with van der Waals surface area (Å²) < 4.78 is 0. The molecule has 0 bridgehead atoms. The Kier molecular flexibility index (Phi) is 6.36. The summed E-state index contributed by atoms with van der Waals surface area (Å²) in [5.74, 6) is 0.00343. The number of hydrogen-bond acceptors (Lipinski definition) is 4. The molecule has 0 atom stereocenters. The Hall–Kier alpha value is -2.79. The molecular weight excluding hydrogens is 252 g/mol. The van der Waals surface area contributed by atoms with E-state index < -0.39 is 0 Å². The molecule has 0 fully saturated rings. The molecule has 0 aromatic heterocycles. The zero-order valence-electron chi connectivity index (χ0n) is 11.3. The summed E-state index contributed by atoms with van der Waals surface area (Å²) in [6.45, 7) is 2.04.